The molecule has 1 fully saturated rings. The number of rotatable bonds is 2. The van der Waals surface area contributed by atoms with Crippen molar-refractivity contribution >= 4 is 23.9 Å². The van der Waals surface area contributed by atoms with Gasteiger partial charge in [0, 0.05) is 0 Å². The lowest BCUT2D eigenvalue weighted by molar-refractivity contribution is -0.124. The molecule has 0 unspecified atom stereocenters. The van der Waals surface area contributed by atoms with Gasteiger partial charge in [-0.25, -0.2) is 4.79 Å². The zero-order chi connectivity index (χ0) is 13.0. The Hall–Kier alpha value is -2.69. The lowest BCUT2D eigenvalue weighted by Gasteiger charge is -2.12. The Bertz CT molecular complexity index is 537. The second kappa shape index (κ2) is 5.09. The number of hydrogen-bond donors (Lipinski definition) is 2. The summed E-state index contributed by atoms with van der Waals surface area (Å²) in [6.07, 6.45) is 4.70. The minimum atomic E-state index is -0.797. The number of benzene rings is 1. The molecule has 2 rings (SSSR count). The van der Waals surface area contributed by atoms with E-state index in [4.69, 9.17) is 0 Å². The summed E-state index contributed by atoms with van der Waals surface area (Å²) in [7, 11) is 0. The Morgan fingerprint density at radius 2 is 1.50 bits per heavy atom. The van der Waals surface area contributed by atoms with E-state index in [1.165, 1.54) is 6.08 Å². The van der Waals surface area contributed by atoms with Crippen LogP contribution in [-0.4, -0.2) is 17.8 Å². The topological polar surface area (TPSA) is 75.3 Å². The van der Waals surface area contributed by atoms with Gasteiger partial charge in [-0.3, -0.25) is 20.2 Å². The summed E-state index contributed by atoms with van der Waals surface area (Å²) < 4.78 is 0. The fourth-order valence-corrected chi connectivity index (χ4v) is 1.45. The van der Waals surface area contributed by atoms with Crippen LogP contribution in [0, 0.1) is 0 Å². The van der Waals surface area contributed by atoms with Crippen LogP contribution in [0.3, 0.4) is 0 Å². The van der Waals surface area contributed by atoms with Gasteiger partial charge in [0.2, 0.25) is 0 Å². The molecule has 0 spiro atoms. The van der Waals surface area contributed by atoms with Gasteiger partial charge >= 0.3 is 6.03 Å². The van der Waals surface area contributed by atoms with Crippen LogP contribution in [0.15, 0.2) is 48.1 Å². The van der Waals surface area contributed by atoms with E-state index in [1.807, 2.05) is 41.0 Å². The van der Waals surface area contributed by atoms with Crippen molar-refractivity contribution in [3.8, 4) is 0 Å². The summed E-state index contributed by atoms with van der Waals surface area (Å²) in [6.45, 7) is 0. The minimum absolute atomic E-state index is 0.0956. The maximum atomic E-state index is 11.4. The number of allylic oxidation sites excluding steroid dienone is 2. The number of barbiturate groups is 1. The van der Waals surface area contributed by atoms with Crippen LogP contribution in [0.25, 0.3) is 6.08 Å². The second-order valence-corrected chi connectivity index (χ2v) is 3.59. The summed E-state index contributed by atoms with van der Waals surface area (Å²) in [6, 6.07) is 8.63. The molecular formula is C13H10N2O3. The predicted molar refractivity (Wildman–Crippen MR) is 65.2 cm³/mol. The van der Waals surface area contributed by atoms with Crippen LogP contribution in [0.4, 0.5) is 4.79 Å². The van der Waals surface area contributed by atoms with E-state index >= 15 is 0 Å². The van der Waals surface area contributed by atoms with Crippen LogP contribution < -0.4 is 10.6 Å². The molecule has 1 aliphatic heterocycles. The van der Waals surface area contributed by atoms with E-state index in [9.17, 15) is 14.4 Å². The second-order valence-electron chi connectivity index (χ2n) is 3.59. The van der Waals surface area contributed by atoms with Crippen molar-refractivity contribution in [3.63, 3.8) is 0 Å². The Morgan fingerprint density at radius 3 is 2.11 bits per heavy atom. The van der Waals surface area contributed by atoms with Gasteiger partial charge in [-0.15, -0.1) is 0 Å². The lowest BCUT2D eigenvalue weighted by Crippen LogP contribution is -2.51. The van der Waals surface area contributed by atoms with Crippen molar-refractivity contribution in [1.82, 2.24) is 10.6 Å². The van der Waals surface area contributed by atoms with Crippen molar-refractivity contribution in [2.45, 2.75) is 0 Å². The largest absolute Gasteiger partial charge is 0.328 e. The SMILES string of the molecule is O=C1NC(=O)C(=C/C=C\c2ccccc2)C(=O)N1. The molecule has 1 aliphatic rings. The molecule has 0 bridgehead atoms. The smallest absolute Gasteiger partial charge is 0.273 e. The molecule has 5 heteroatoms. The van der Waals surface area contributed by atoms with Gasteiger partial charge in [0.1, 0.15) is 5.57 Å². The molecular weight excluding hydrogens is 232 g/mol. The van der Waals surface area contributed by atoms with Crippen molar-refractivity contribution in [3.05, 3.63) is 53.6 Å². The number of nitrogens with one attached hydrogen (secondary N) is 2. The molecule has 1 aromatic carbocycles. The van der Waals surface area contributed by atoms with Crippen molar-refractivity contribution < 1.29 is 14.4 Å². The zero-order valence-corrected chi connectivity index (χ0v) is 9.34. The number of carbonyl (C=O) groups excluding carboxylic acids is 3. The highest BCUT2D eigenvalue weighted by Gasteiger charge is 2.26. The van der Waals surface area contributed by atoms with Crippen molar-refractivity contribution in [2.24, 2.45) is 0 Å². The van der Waals surface area contributed by atoms with E-state index in [0.29, 0.717) is 0 Å². The quantitative estimate of drug-likeness (QED) is 0.600. The summed E-state index contributed by atoms with van der Waals surface area (Å²) >= 11 is 0. The van der Waals surface area contributed by atoms with Gasteiger partial charge in [0.25, 0.3) is 11.8 Å². The van der Waals surface area contributed by atoms with Crippen LogP contribution in [-0.2, 0) is 9.59 Å². The highest BCUT2D eigenvalue weighted by molar-refractivity contribution is 6.29. The Labute approximate surface area is 103 Å². The number of imide groups is 2. The third kappa shape index (κ3) is 2.70. The molecule has 0 radical (unpaired) electrons. The fourth-order valence-electron chi connectivity index (χ4n) is 1.45. The van der Waals surface area contributed by atoms with E-state index in [0.717, 1.165) is 5.56 Å². The van der Waals surface area contributed by atoms with E-state index in [2.05, 4.69) is 0 Å². The number of carbonyl (C=O) groups is 3. The molecule has 18 heavy (non-hydrogen) atoms. The third-order valence-corrected chi connectivity index (χ3v) is 2.29. The van der Waals surface area contributed by atoms with E-state index in [1.54, 1.807) is 12.2 Å². The van der Waals surface area contributed by atoms with Crippen molar-refractivity contribution in [1.29, 1.82) is 0 Å². The molecule has 90 valence electrons. The summed E-state index contributed by atoms with van der Waals surface area (Å²) in [5.74, 6) is -1.39. The Kier molecular flexibility index (Phi) is 3.33. The molecule has 1 aromatic rings. The normalized spacial score (nSPS) is 15.6. The molecule has 1 heterocycles. The maximum absolute atomic E-state index is 11.4. The first kappa shape index (κ1) is 11.8. The fraction of sp³-hybridized carbons (Fsp3) is 0. The molecule has 5 nitrogen and oxygen atoms in total. The van der Waals surface area contributed by atoms with Gasteiger partial charge in [-0.05, 0) is 11.6 Å². The van der Waals surface area contributed by atoms with Gasteiger partial charge in [-0.1, -0.05) is 42.5 Å². The van der Waals surface area contributed by atoms with Crippen molar-refractivity contribution in [2.75, 3.05) is 0 Å². The Balaban J connectivity index is 2.14. The van der Waals surface area contributed by atoms with Gasteiger partial charge in [0.15, 0.2) is 0 Å². The molecule has 0 aliphatic carbocycles. The van der Waals surface area contributed by atoms with Crippen LogP contribution in [0.5, 0.6) is 0 Å². The average Bonchev–Trinajstić information content (AvgIpc) is 2.34. The minimum Gasteiger partial charge on any atom is -0.273 e. The van der Waals surface area contributed by atoms with Crippen LogP contribution in [0.1, 0.15) is 5.56 Å². The summed E-state index contributed by atoms with van der Waals surface area (Å²) in [4.78, 5) is 33.5. The first-order chi connectivity index (χ1) is 8.66. The lowest BCUT2D eigenvalue weighted by atomic mass is 10.1. The number of amides is 4. The summed E-state index contributed by atoms with van der Waals surface area (Å²) in [5.41, 5.74) is 0.851. The third-order valence-electron chi connectivity index (χ3n) is 2.29. The number of hydrogen-bond acceptors (Lipinski definition) is 3. The zero-order valence-electron chi connectivity index (χ0n) is 9.34. The molecule has 1 saturated heterocycles. The Morgan fingerprint density at radius 1 is 0.889 bits per heavy atom. The average molecular weight is 242 g/mol. The standard InChI is InChI=1S/C13H10N2O3/c16-11-10(12(17)15-13(18)14-11)8-4-7-9-5-2-1-3-6-9/h1-8H,(H2,14,15,16,17,18)/b7-4-. The van der Waals surface area contributed by atoms with Gasteiger partial charge < -0.3 is 0 Å². The molecule has 0 saturated carbocycles. The molecule has 2 N–H and O–H groups in total. The first-order valence-electron chi connectivity index (χ1n) is 5.27. The van der Waals surface area contributed by atoms with E-state index in [-0.39, 0.29) is 5.57 Å². The molecule has 0 aromatic heterocycles. The summed E-state index contributed by atoms with van der Waals surface area (Å²) in [5, 5.41) is 3.99. The van der Waals surface area contributed by atoms with Crippen LogP contribution in [0.2, 0.25) is 0 Å². The first-order valence-corrected chi connectivity index (χ1v) is 5.27. The highest BCUT2D eigenvalue weighted by atomic mass is 16.2. The highest BCUT2D eigenvalue weighted by Crippen LogP contribution is 2.04. The van der Waals surface area contributed by atoms with Gasteiger partial charge in [0.05, 0.1) is 0 Å². The molecule has 4 amide bonds. The molecule has 0 atom stereocenters. The number of urea groups is 1. The predicted octanol–water partition coefficient (Wildman–Crippen LogP) is 0.992. The van der Waals surface area contributed by atoms with Gasteiger partial charge in [-0.2, -0.15) is 0 Å². The van der Waals surface area contributed by atoms with E-state index < -0.39 is 17.8 Å². The van der Waals surface area contributed by atoms with Crippen LogP contribution >= 0.6 is 0 Å². The maximum Gasteiger partial charge on any atom is 0.328 e. The monoisotopic (exact) mass is 242 g/mol.